The summed E-state index contributed by atoms with van der Waals surface area (Å²) in [5, 5.41) is 0. The SMILES string of the molecule is C=C.CC.CC.CC.CC(C)CCCN1CCN(C2CCN(C(C)C)CC2)CC1.CC(C)N1CC(C(=O)N2CCN(CC3CCCCC3)CC2)C1. The number of piperidine rings is 1. The normalized spacial score (nSPS) is 21.8. The summed E-state index contributed by atoms with van der Waals surface area (Å²) in [7, 11) is 0. The Morgan fingerprint density at radius 1 is 0.608 bits per heavy atom. The van der Waals surface area contributed by atoms with E-state index in [9.17, 15) is 4.79 Å². The largest absolute Gasteiger partial charge is 0.340 e. The molecule has 51 heavy (non-hydrogen) atoms. The van der Waals surface area contributed by atoms with Gasteiger partial charge >= 0.3 is 0 Å². The second kappa shape index (κ2) is 30.3. The van der Waals surface area contributed by atoms with Gasteiger partial charge in [-0.05, 0) is 97.7 Å². The number of hydrogen-bond donors (Lipinski definition) is 0. The van der Waals surface area contributed by atoms with Gasteiger partial charge in [-0.3, -0.25) is 19.5 Å². The van der Waals surface area contributed by atoms with Crippen LogP contribution in [0.25, 0.3) is 0 Å². The molecule has 304 valence electrons. The summed E-state index contributed by atoms with van der Waals surface area (Å²) < 4.78 is 0. The molecule has 0 spiro atoms. The van der Waals surface area contributed by atoms with E-state index < -0.39 is 0 Å². The molecular formula is C44H92N6O. The standard InChI is InChI=1S/C18H33N3O.C18H37N3.3C2H6.C2H4/c1-15(2)21-13-17(14-21)18(22)20-10-8-19(9-11-20)12-16-6-4-3-5-7-16;1-16(2)6-5-9-19-12-14-21(15-13-19)18-7-10-20(11-8-18)17(3)4;4*1-2/h15-17H,3-14H2,1-2H3;16-18H,5-15H2,1-4H3;3*1-2H3;1-2H2. The van der Waals surface area contributed by atoms with Gasteiger partial charge in [0, 0.05) is 90.1 Å². The average Bonchev–Trinajstić information content (AvgIpc) is 3.15. The molecule has 5 rings (SSSR count). The second-order valence-corrected chi connectivity index (χ2v) is 15.6. The highest BCUT2D eigenvalue weighted by molar-refractivity contribution is 5.80. The smallest absolute Gasteiger partial charge is 0.228 e. The lowest BCUT2D eigenvalue weighted by Gasteiger charge is -2.44. The van der Waals surface area contributed by atoms with E-state index in [1.165, 1.54) is 110 Å². The Hall–Kier alpha value is -0.990. The number of carbonyl (C=O) groups excluding carboxylic acids is 1. The van der Waals surface area contributed by atoms with E-state index in [0.29, 0.717) is 11.9 Å². The third kappa shape index (κ3) is 19.2. The van der Waals surface area contributed by atoms with Crippen molar-refractivity contribution in [3.05, 3.63) is 13.2 Å². The topological polar surface area (TPSA) is 36.5 Å². The zero-order valence-corrected chi connectivity index (χ0v) is 36.7. The molecule has 1 aliphatic carbocycles. The minimum absolute atomic E-state index is 0.271. The molecule has 0 bridgehead atoms. The van der Waals surface area contributed by atoms with Crippen molar-refractivity contribution in [2.45, 2.75) is 159 Å². The van der Waals surface area contributed by atoms with Gasteiger partial charge < -0.3 is 14.7 Å². The first-order valence-electron chi connectivity index (χ1n) is 22.1. The van der Waals surface area contributed by atoms with E-state index in [1.807, 2.05) is 41.5 Å². The lowest BCUT2D eigenvalue weighted by molar-refractivity contribution is -0.143. The van der Waals surface area contributed by atoms with E-state index >= 15 is 0 Å². The molecule has 4 saturated heterocycles. The molecule has 4 heterocycles. The van der Waals surface area contributed by atoms with Crippen molar-refractivity contribution in [3.8, 4) is 0 Å². The Morgan fingerprint density at radius 2 is 1.10 bits per heavy atom. The van der Waals surface area contributed by atoms with E-state index in [0.717, 1.165) is 63.2 Å². The summed E-state index contributed by atoms with van der Waals surface area (Å²) in [5.74, 6) is 2.46. The maximum atomic E-state index is 12.5. The van der Waals surface area contributed by atoms with E-state index in [-0.39, 0.29) is 5.92 Å². The van der Waals surface area contributed by atoms with Crippen LogP contribution in [0.4, 0.5) is 0 Å². The quantitative estimate of drug-likeness (QED) is 0.210. The third-order valence-corrected chi connectivity index (χ3v) is 11.3. The number of piperazine rings is 2. The van der Waals surface area contributed by atoms with Crippen LogP contribution in [0.1, 0.15) is 141 Å². The molecule has 5 fully saturated rings. The third-order valence-electron chi connectivity index (χ3n) is 11.3. The number of rotatable bonds is 10. The molecule has 0 N–H and O–H groups in total. The number of likely N-dealkylation sites (tertiary alicyclic amines) is 2. The molecular weight excluding hydrogens is 629 g/mol. The summed E-state index contributed by atoms with van der Waals surface area (Å²) in [6.07, 6.45) is 12.7. The van der Waals surface area contributed by atoms with Crippen LogP contribution in [-0.4, -0.2) is 145 Å². The van der Waals surface area contributed by atoms with Gasteiger partial charge in [0.1, 0.15) is 0 Å². The lowest BCUT2D eigenvalue weighted by atomic mass is 9.89. The Kier molecular flexibility index (Phi) is 29.8. The lowest BCUT2D eigenvalue weighted by Crippen LogP contribution is -2.59. The Morgan fingerprint density at radius 3 is 1.57 bits per heavy atom. The van der Waals surface area contributed by atoms with Crippen LogP contribution in [0.15, 0.2) is 13.2 Å². The molecule has 7 nitrogen and oxygen atoms in total. The molecule has 4 aliphatic heterocycles. The molecule has 0 aromatic carbocycles. The van der Waals surface area contributed by atoms with Gasteiger partial charge in [0.05, 0.1) is 5.92 Å². The van der Waals surface area contributed by atoms with Gasteiger partial charge in [0.2, 0.25) is 5.91 Å². The van der Waals surface area contributed by atoms with Crippen LogP contribution < -0.4 is 0 Å². The van der Waals surface area contributed by atoms with Crippen molar-refractivity contribution in [2.24, 2.45) is 17.8 Å². The van der Waals surface area contributed by atoms with E-state index in [2.05, 4.69) is 84.1 Å². The predicted octanol–water partition coefficient (Wildman–Crippen LogP) is 8.84. The monoisotopic (exact) mass is 721 g/mol. The minimum atomic E-state index is 0.271. The van der Waals surface area contributed by atoms with Crippen LogP contribution in [-0.2, 0) is 4.79 Å². The van der Waals surface area contributed by atoms with E-state index in [4.69, 9.17) is 0 Å². The number of amides is 1. The molecule has 0 aromatic rings. The summed E-state index contributed by atoms with van der Waals surface area (Å²) in [5.41, 5.74) is 0. The Bertz CT molecular complexity index is 785. The summed E-state index contributed by atoms with van der Waals surface area (Å²) in [4.78, 5) is 27.7. The Balaban J connectivity index is 0.000000821. The van der Waals surface area contributed by atoms with Crippen LogP contribution in [0.2, 0.25) is 0 Å². The number of nitrogens with zero attached hydrogens (tertiary/aromatic N) is 6. The van der Waals surface area contributed by atoms with Gasteiger partial charge in [0.15, 0.2) is 0 Å². The van der Waals surface area contributed by atoms with Crippen LogP contribution in [0.3, 0.4) is 0 Å². The summed E-state index contributed by atoms with van der Waals surface area (Å²) >= 11 is 0. The van der Waals surface area contributed by atoms with Crippen molar-refractivity contribution in [3.63, 3.8) is 0 Å². The molecule has 7 heteroatoms. The molecule has 0 radical (unpaired) electrons. The first-order valence-corrected chi connectivity index (χ1v) is 22.1. The molecule has 0 atom stereocenters. The van der Waals surface area contributed by atoms with Gasteiger partial charge in [-0.15, -0.1) is 13.2 Å². The first kappa shape index (κ1) is 50.0. The number of carbonyl (C=O) groups is 1. The summed E-state index contributed by atoms with van der Waals surface area (Å²) in [6, 6.07) is 2.16. The molecule has 0 unspecified atom stereocenters. The highest BCUT2D eigenvalue weighted by Gasteiger charge is 2.37. The van der Waals surface area contributed by atoms with Crippen LogP contribution in [0.5, 0.6) is 0 Å². The zero-order valence-electron chi connectivity index (χ0n) is 36.7. The van der Waals surface area contributed by atoms with Crippen molar-refractivity contribution >= 4 is 5.91 Å². The Labute approximate surface area is 320 Å². The average molecular weight is 721 g/mol. The fraction of sp³-hybridized carbons (Fsp3) is 0.932. The van der Waals surface area contributed by atoms with Gasteiger partial charge in [-0.25, -0.2) is 0 Å². The van der Waals surface area contributed by atoms with Crippen molar-refractivity contribution in [2.75, 3.05) is 91.6 Å². The first-order chi connectivity index (χ1) is 24.7. The fourth-order valence-electron chi connectivity index (χ4n) is 8.08. The van der Waals surface area contributed by atoms with Crippen molar-refractivity contribution in [1.82, 2.24) is 29.4 Å². The highest BCUT2D eigenvalue weighted by atomic mass is 16.2. The van der Waals surface area contributed by atoms with Crippen molar-refractivity contribution < 1.29 is 4.79 Å². The van der Waals surface area contributed by atoms with Crippen LogP contribution in [0, 0.1) is 17.8 Å². The maximum Gasteiger partial charge on any atom is 0.228 e. The zero-order chi connectivity index (χ0) is 38.8. The second-order valence-electron chi connectivity index (χ2n) is 15.6. The highest BCUT2D eigenvalue weighted by Crippen LogP contribution is 2.26. The van der Waals surface area contributed by atoms with Gasteiger partial charge in [0.25, 0.3) is 0 Å². The molecule has 1 amide bonds. The summed E-state index contributed by atoms with van der Waals surface area (Å²) in [6.45, 7) is 48.1. The molecule has 0 aromatic heterocycles. The maximum absolute atomic E-state index is 12.5. The molecule has 1 saturated carbocycles. The van der Waals surface area contributed by atoms with Crippen molar-refractivity contribution in [1.29, 1.82) is 0 Å². The van der Waals surface area contributed by atoms with Gasteiger partial charge in [-0.2, -0.15) is 0 Å². The molecule has 5 aliphatic rings. The van der Waals surface area contributed by atoms with E-state index in [1.54, 1.807) is 0 Å². The fourth-order valence-corrected chi connectivity index (χ4v) is 8.08. The van der Waals surface area contributed by atoms with Gasteiger partial charge in [-0.1, -0.05) is 74.7 Å². The minimum Gasteiger partial charge on any atom is -0.340 e. The predicted molar refractivity (Wildman–Crippen MR) is 227 cm³/mol. The van der Waals surface area contributed by atoms with Crippen LogP contribution >= 0.6 is 0 Å². The number of hydrogen-bond acceptors (Lipinski definition) is 6.